The number of carbonyl (C=O) groups excluding carboxylic acids is 1. The van der Waals surface area contributed by atoms with Crippen LogP contribution in [-0.4, -0.2) is 37.5 Å². The monoisotopic (exact) mass is 226 g/mol. The predicted octanol–water partition coefficient (Wildman–Crippen LogP) is 1.88. The molecule has 1 N–H and O–H groups in total. The second-order valence-corrected chi connectivity index (χ2v) is 6.19. The topological polar surface area (TPSA) is 32.3 Å². The van der Waals surface area contributed by atoms with E-state index >= 15 is 0 Å². The van der Waals surface area contributed by atoms with E-state index in [1.54, 1.807) is 0 Å². The summed E-state index contributed by atoms with van der Waals surface area (Å²) in [5.41, 5.74) is 0.309. The van der Waals surface area contributed by atoms with Gasteiger partial charge in [-0.2, -0.15) is 0 Å². The average molecular weight is 226 g/mol. The molecule has 16 heavy (non-hydrogen) atoms. The quantitative estimate of drug-likeness (QED) is 0.794. The molecule has 0 aromatic rings. The molecule has 0 saturated carbocycles. The summed E-state index contributed by atoms with van der Waals surface area (Å²) in [5, 5.41) is 3.30. The molecule has 94 valence electrons. The van der Waals surface area contributed by atoms with Crippen LogP contribution < -0.4 is 5.32 Å². The molecule has 0 radical (unpaired) electrons. The van der Waals surface area contributed by atoms with Gasteiger partial charge in [0, 0.05) is 20.0 Å². The molecule has 0 aromatic carbocycles. The minimum Gasteiger partial charge on any atom is -0.346 e. The van der Waals surface area contributed by atoms with Crippen molar-refractivity contribution in [2.45, 2.75) is 40.0 Å². The van der Waals surface area contributed by atoms with Gasteiger partial charge in [-0.25, -0.2) is 0 Å². The molecule has 3 heteroatoms. The third-order valence-electron chi connectivity index (χ3n) is 3.25. The van der Waals surface area contributed by atoms with E-state index in [1.165, 1.54) is 0 Å². The van der Waals surface area contributed by atoms with Crippen LogP contribution in [0.3, 0.4) is 0 Å². The highest BCUT2D eigenvalue weighted by atomic mass is 16.2. The molecule has 1 unspecified atom stereocenters. The molecule has 0 aromatic heterocycles. The Balaban J connectivity index is 2.24. The zero-order valence-electron chi connectivity index (χ0n) is 11.2. The van der Waals surface area contributed by atoms with Gasteiger partial charge in [0.05, 0.1) is 0 Å². The third kappa shape index (κ3) is 4.97. The van der Waals surface area contributed by atoms with E-state index in [2.05, 4.69) is 26.1 Å². The average Bonchev–Trinajstić information content (AvgIpc) is 2.65. The van der Waals surface area contributed by atoms with E-state index < -0.39 is 0 Å². The van der Waals surface area contributed by atoms with Gasteiger partial charge < -0.3 is 10.2 Å². The van der Waals surface area contributed by atoms with Gasteiger partial charge in [0.15, 0.2) is 0 Å². The molecule has 0 spiro atoms. The first-order chi connectivity index (χ1) is 7.38. The largest absolute Gasteiger partial charge is 0.346 e. The number of nitrogens with zero attached hydrogens (tertiary/aromatic N) is 1. The molecule has 0 aliphatic carbocycles. The standard InChI is InChI=1S/C13H26N2O/c1-13(2,3)6-8-15(4)12(16)9-11-5-7-14-10-11/h11,14H,5-10H2,1-4H3. The number of amides is 1. The zero-order chi connectivity index (χ0) is 12.2. The summed E-state index contributed by atoms with van der Waals surface area (Å²) < 4.78 is 0. The maximum atomic E-state index is 11.9. The lowest BCUT2D eigenvalue weighted by Crippen LogP contribution is -2.31. The van der Waals surface area contributed by atoms with Gasteiger partial charge in [-0.15, -0.1) is 0 Å². The Hall–Kier alpha value is -0.570. The lowest BCUT2D eigenvalue weighted by atomic mass is 9.92. The van der Waals surface area contributed by atoms with E-state index in [1.807, 2.05) is 11.9 Å². The summed E-state index contributed by atoms with van der Waals surface area (Å²) in [7, 11) is 1.93. The molecule has 1 saturated heterocycles. The molecular formula is C13H26N2O. The van der Waals surface area contributed by atoms with Crippen molar-refractivity contribution in [1.29, 1.82) is 0 Å². The maximum absolute atomic E-state index is 11.9. The fraction of sp³-hybridized carbons (Fsp3) is 0.923. The van der Waals surface area contributed by atoms with E-state index in [9.17, 15) is 4.79 Å². The van der Waals surface area contributed by atoms with Gasteiger partial charge in [-0.05, 0) is 37.3 Å². The summed E-state index contributed by atoms with van der Waals surface area (Å²) in [4.78, 5) is 13.8. The first-order valence-electron chi connectivity index (χ1n) is 6.33. The van der Waals surface area contributed by atoms with Crippen molar-refractivity contribution >= 4 is 5.91 Å². The summed E-state index contributed by atoms with van der Waals surface area (Å²) >= 11 is 0. The van der Waals surface area contributed by atoms with Crippen LogP contribution in [0.1, 0.15) is 40.0 Å². The lowest BCUT2D eigenvalue weighted by molar-refractivity contribution is -0.131. The van der Waals surface area contributed by atoms with Crippen LogP contribution in [0.5, 0.6) is 0 Å². The van der Waals surface area contributed by atoms with Crippen molar-refractivity contribution in [3.8, 4) is 0 Å². The van der Waals surface area contributed by atoms with E-state index in [4.69, 9.17) is 0 Å². The normalized spacial score (nSPS) is 21.1. The molecule has 1 fully saturated rings. The minimum absolute atomic E-state index is 0.304. The molecule has 1 atom stereocenters. The Kier molecular flexibility index (Phi) is 4.78. The molecule has 0 bridgehead atoms. The highest BCUT2D eigenvalue weighted by Gasteiger charge is 2.21. The number of hydrogen-bond donors (Lipinski definition) is 1. The van der Waals surface area contributed by atoms with E-state index in [0.29, 0.717) is 23.7 Å². The number of carbonyl (C=O) groups is 1. The highest BCUT2D eigenvalue weighted by molar-refractivity contribution is 5.76. The summed E-state index contributed by atoms with van der Waals surface area (Å²) in [6.07, 6.45) is 2.94. The molecule has 3 nitrogen and oxygen atoms in total. The predicted molar refractivity (Wildman–Crippen MR) is 67.3 cm³/mol. The lowest BCUT2D eigenvalue weighted by Gasteiger charge is -2.24. The number of rotatable bonds is 4. The fourth-order valence-corrected chi connectivity index (χ4v) is 1.92. The Morgan fingerprint density at radius 3 is 2.62 bits per heavy atom. The van der Waals surface area contributed by atoms with Gasteiger partial charge in [0.25, 0.3) is 0 Å². The van der Waals surface area contributed by atoms with Crippen LogP contribution >= 0.6 is 0 Å². The van der Waals surface area contributed by atoms with Crippen LogP contribution in [0, 0.1) is 11.3 Å². The van der Waals surface area contributed by atoms with Gasteiger partial charge in [-0.3, -0.25) is 4.79 Å². The molecule has 1 heterocycles. The molecule has 1 rings (SSSR count). The SMILES string of the molecule is CN(CCC(C)(C)C)C(=O)CC1CCNC1. The van der Waals surface area contributed by atoms with Crippen molar-refractivity contribution in [3.63, 3.8) is 0 Å². The Morgan fingerprint density at radius 1 is 1.44 bits per heavy atom. The highest BCUT2D eigenvalue weighted by Crippen LogP contribution is 2.19. The van der Waals surface area contributed by atoms with E-state index in [0.717, 1.165) is 32.5 Å². The smallest absolute Gasteiger partial charge is 0.222 e. The molecule has 1 aliphatic rings. The first kappa shape index (κ1) is 13.5. The first-order valence-corrected chi connectivity index (χ1v) is 6.33. The van der Waals surface area contributed by atoms with Gasteiger partial charge in [0.2, 0.25) is 5.91 Å². The summed E-state index contributed by atoms with van der Waals surface area (Å²) in [5.74, 6) is 0.863. The van der Waals surface area contributed by atoms with Crippen molar-refractivity contribution in [3.05, 3.63) is 0 Å². The Bertz CT molecular complexity index is 227. The fourth-order valence-electron chi connectivity index (χ4n) is 1.92. The van der Waals surface area contributed by atoms with Gasteiger partial charge >= 0.3 is 0 Å². The number of hydrogen-bond acceptors (Lipinski definition) is 2. The second kappa shape index (κ2) is 5.67. The zero-order valence-corrected chi connectivity index (χ0v) is 11.2. The third-order valence-corrected chi connectivity index (χ3v) is 3.25. The van der Waals surface area contributed by atoms with E-state index in [-0.39, 0.29) is 0 Å². The van der Waals surface area contributed by atoms with Crippen molar-refractivity contribution in [1.82, 2.24) is 10.2 Å². The van der Waals surface area contributed by atoms with Crippen LogP contribution in [0.15, 0.2) is 0 Å². The van der Waals surface area contributed by atoms with Crippen molar-refractivity contribution in [2.75, 3.05) is 26.7 Å². The summed E-state index contributed by atoms with van der Waals surface area (Å²) in [6.45, 7) is 9.61. The van der Waals surface area contributed by atoms with Gasteiger partial charge in [-0.1, -0.05) is 20.8 Å². The Morgan fingerprint density at radius 2 is 2.12 bits per heavy atom. The second-order valence-electron chi connectivity index (χ2n) is 6.19. The van der Waals surface area contributed by atoms with Crippen LogP contribution in [-0.2, 0) is 4.79 Å². The van der Waals surface area contributed by atoms with Crippen LogP contribution in [0.2, 0.25) is 0 Å². The van der Waals surface area contributed by atoms with Crippen molar-refractivity contribution < 1.29 is 4.79 Å². The van der Waals surface area contributed by atoms with Crippen LogP contribution in [0.4, 0.5) is 0 Å². The number of nitrogens with one attached hydrogen (secondary N) is 1. The molecule has 1 amide bonds. The van der Waals surface area contributed by atoms with Gasteiger partial charge in [0.1, 0.15) is 0 Å². The minimum atomic E-state index is 0.304. The summed E-state index contributed by atoms with van der Waals surface area (Å²) in [6, 6.07) is 0. The maximum Gasteiger partial charge on any atom is 0.222 e. The van der Waals surface area contributed by atoms with Crippen LogP contribution in [0.25, 0.3) is 0 Å². The molecular weight excluding hydrogens is 200 g/mol. The Labute approximate surface area is 99.6 Å². The molecule has 1 aliphatic heterocycles. The van der Waals surface area contributed by atoms with Crippen molar-refractivity contribution in [2.24, 2.45) is 11.3 Å².